The van der Waals surface area contributed by atoms with E-state index in [1.807, 2.05) is 11.9 Å². The van der Waals surface area contributed by atoms with E-state index >= 15 is 0 Å². The minimum atomic E-state index is 0. The van der Waals surface area contributed by atoms with E-state index < -0.39 is 0 Å². The van der Waals surface area contributed by atoms with E-state index in [1.165, 1.54) is 4.88 Å². The number of likely N-dealkylation sites (N-methyl/N-ethyl adjacent to an activating group) is 1. The van der Waals surface area contributed by atoms with Gasteiger partial charge in [0.2, 0.25) is 5.91 Å². The van der Waals surface area contributed by atoms with Crippen molar-refractivity contribution in [2.75, 3.05) is 26.7 Å². The molecule has 0 bridgehead atoms. The van der Waals surface area contributed by atoms with Crippen LogP contribution >= 0.6 is 23.7 Å². The Kier molecular flexibility index (Phi) is 6.68. The third kappa shape index (κ3) is 4.26. The van der Waals surface area contributed by atoms with Gasteiger partial charge in [0.25, 0.3) is 0 Å². The molecule has 0 aliphatic carbocycles. The van der Waals surface area contributed by atoms with Crippen LogP contribution in [0.1, 0.15) is 17.7 Å². The van der Waals surface area contributed by atoms with Gasteiger partial charge < -0.3 is 10.2 Å². The highest BCUT2D eigenvalue weighted by molar-refractivity contribution is 7.09. The predicted molar refractivity (Wildman–Crippen MR) is 78.5 cm³/mol. The summed E-state index contributed by atoms with van der Waals surface area (Å²) >= 11 is 1.76. The highest BCUT2D eigenvalue weighted by Crippen LogP contribution is 2.14. The van der Waals surface area contributed by atoms with Crippen molar-refractivity contribution in [1.82, 2.24) is 10.2 Å². The number of hydrogen-bond acceptors (Lipinski definition) is 3. The summed E-state index contributed by atoms with van der Waals surface area (Å²) < 4.78 is 0. The van der Waals surface area contributed by atoms with Crippen LogP contribution in [-0.2, 0) is 11.2 Å². The number of carbonyl (C=O) groups is 1. The van der Waals surface area contributed by atoms with Crippen molar-refractivity contribution < 1.29 is 4.79 Å². The first-order valence-electron chi connectivity index (χ1n) is 6.25. The van der Waals surface area contributed by atoms with Crippen LogP contribution < -0.4 is 5.32 Å². The lowest BCUT2D eigenvalue weighted by Crippen LogP contribution is -2.42. The van der Waals surface area contributed by atoms with Crippen molar-refractivity contribution in [2.45, 2.75) is 19.3 Å². The van der Waals surface area contributed by atoms with Crippen LogP contribution in [0.25, 0.3) is 0 Å². The van der Waals surface area contributed by atoms with E-state index in [1.54, 1.807) is 11.3 Å². The number of nitrogens with one attached hydrogen (secondary N) is 1. The normalized spacial score (nSPS) is 19.1. The number of rotatable bonds is 4. The quantitative estimate of drug-likeness (QED) is 0.921. The molecule has 1 unspecified atom stereocenters. The maximum absolute atomic E-state index is 12.1. The summed E-state index contributed by atoms with van der Waals surface area (Å²) in [7, 11) is 1.92. The third-order valence-electron chi connectivity index (χ3n) is 3.30. The second-order valence-electron chi connectivity index (χ2n) is 4.63. The number of carbonyl (C=O) groups excluding carboxylic acids is 1. The van der Waals surface area contributed by atoms with Crippen LogP contribution in [0.4, 0.5) is 0 Å². The highest BCUT2D eigenvalue weighted by Gasteiger charge is 2.23. The van der Waals surface area contributed by atoms with Gasteiger partial charge in [-0.2, -0.15) is 0 Å². The largest absolute Gasteiger partial charge is 0.345 e. The minimum Gasteiger partial charge on any atom is -0.345 e. The molecule has 0 radical (unpaired) electrons. The van der Waals surface area contributed by atoms with Crippen LogP contribution in [0.5, 0.6) is 0 Å². The number of thiophene rings is 1. The summed E-state index contributed by atoms with van der Waals surface area (Å²) in [6, 6.07) is 4.19. The van der Waals surface area contributed by atoms with Crippen LogP contribution in [0, 0.1) is 5.92 Å². The molecule has 0 saturated carbocycles. The second kappa shape index (κ2) is 7.77. The molecule has 1 saturated heterocycles. The fourth-order valence-corrected chi connectivity index (χ4v) is 2.92. The molecule has 102 valence electrons. The van der Waals surface area contributed by atoms with Gasteiger partial charge in [-0.1, -0.05) is 6.07 Å². The number of nitrogens with zero attached hydrogens (tertiary/aromatic N) is 1. The van der Waals surface area contributed by atoms with Gasteiger partial charge in [-0.05, 0) is 37.3 Å². The van der Waals surface area contributed by atoms with Crippen molar-refractivity contribution >= 4 is 29.7 Å². The SMILES string of the molecule is CN(CCc1cccs1)C(=O)C1CCCNC1.Cl. The fourth-order valence-electron chi connectivity index (χ4n) is 2.22. The maximum atomic E-state index is 12.1. The molecule has 1 aliphatic heterocycles. The van der Waals surface area contributed by atoms with Crippen LogP contribution in [0.15, 0.2) is 17.5 Å². The molecule has 1 aromatic rings. The Balaban J connectivity index is 0.00000162. The van der Waals surface area contributed by atoms with Gasteiger partial charge in [0.05, 0.1) is 5.92 Å². The fraction of sp³-hybridized carbons (Fsp3) is 0.615. The molecule has 3 nitrogen and oxygen atoms in total. The van der Waals surface area contributed by atoms with E-state index in [2.05, 4.69) is 22.8 Å². The first kappa shape index (κ1) is 15.5. The van der Waals surface area contributed by atoms with Crippen molar-refractivity contribution in [3.63, 3.8) is 0 Å². The molecule has 1 N–H and O–H groups in total. The molecular weight excluding hydrogens is 268 g/mol. The molecule has 1 amide bonds. The van der Waals surface area contributed by atoms with Gasteiger partial charge in [-0.3, -0.25) is 4.79 Å². The molecule has 2 rings (SSSR count). The van der Waals surface area contributed by atoms with E-state index in [0.717, 1.165) is 38.9 Å². The summed E-state index contributed by atoms with van der Waals surface area (Å²) in [5.41, 5.74) is 0. The molecular formula is C13H21ClN2OS. The zero-order valence-electron chi connectivity index (χ0n) is 10.7. The second-order valence-corrected chi connectivity index (χ2v) is 5.66. The average molecular weight is 289 g/mol. The lowest BCUT2D eigenvalue weighted by molar-refractivity contribution is -0.134. The Morgan fingerprint density at radius 1 is 1.61 bits per heavy atom. The van der Waals surface area contributed by atoms with E-state index in [-0.39, 0.29) is 18.3 Å². The molecule has 0 spiro atoms. The molecule has 1 aromatic heterocycles. The summed E-state index contributed by atoms with van der Waals surface area (Å²) in [5, 5.41) is 5.38. The minimum absolute atomic E-state index is 0. The topological polar surface area (TPSA) is 32.3 Å². The van der Waals surface area contributed by atoms with Crippen molar-refractivity contribution in [2.24, 2.45) is 5.92 Å². The Bertz CT molecular complexity index is 350. The first-order chi connectivity index (χ1) is 8.27. The Labute approximate surface area is 119 Å². The zero-order chi connectivity index (χ0) is 12.1. The Morgan fingerprint density at radius 3 is 3.06 bits per heavy atom. The van der Waals surface area contributed by atoms with E-state index in [9.17, 15) is 4.79 Å². The molecule has 5 heteroatoms. The molecule has 18 heavy (non-hydrogen) atoms. The summed E-state index contributed by atoms with van der Waals surface area (Å²) in [6.45, 7) is 2.74. The van der Waals surface area contributed by atoms with Crippen molar-refractivity contribution in [1.29, 1.82) is 0 Å². The molecule has 0 aromatic carbocycles. The zero-order valence-corrected chi connectivity index (χ0v) is 12.4. The van der Waals surface area contributed by atoms with Crippen LogP contribution in [0.2, 0.25) is 0 Å². The molecule has 1 aliphatic rings. The number of amides is 1. The summed E-state index contributed by atoms with van der Waals surface area (Å²) in [6.07, 6.45) is 3.13. The number of halogens is 1. The lowest BCUT2D eigenvalue weighted by Gasteiger charge is -2.26. The smallest absolute Gasteiger partial charge is 0.226 e. The number of hydrogen-bond donors (Lipinski definition) is 1. The highest BCUT2D eigenvalue weighted by atomic mass is 35.5. The van der Waals surface area contributed by atoms with Gasteiger partial charge in [0.15, 0.2) is 0 Å². The summed E-state index contributed by atoms with van der Waals surface area (Å²) in [5.74, 6) is 0.492. The first-order valence-corrected chi connectivity index (χ1v) is 7.13. The average Bonchev–Trinajstić information content (AvgIpc) is 2.89. The Hall–Kier alpha value is -0.580. The van der Waals surface area contributed by atoms with Crippen LogP contribution in [-0.4, -0.2) is 37.5 Å². The van der Waals surface area contributed by atoms with Gasteiger partial charge in [0, 0.05) is 25.0 Å². The summed E-state index contributed by atoms with van der Waals surface area (Å²) in [4.78, 5) is 15.4. The van der Waals surface area contributed by atoms with Gasteiger partial charge in [-0.15, -0.1) is 23.7 Å². The standard InChI is InChI=1S/C13H20N2OS.ClH/c1-15(8-6-12-5-3-9-17-12)13(16)11-4-2-7-14-10-11;/h3,5,9,11,14H,2,4,6-8,10H2,1H3;1H. The van der Waals surface area contributed by atoms with E-state index in [4.69, 9.17) is 0 Å². The molecule has 1 fully saturated rings. The van der Waals surface area contributed by atoms with E-state index in [0.29, 0.717) is 5.91 Å². The predicted octanol–water partition coefficient (Wildman–Crippen LogP) is 2.17. The van der Waals surface area contributed by atoms with Crippen molar-refractivity contribution in [3.05, 3.63) is 22.4 Å². The Morgan fingerprint density at radius 2 is 2.44 bits per heavy atom. The maximum Gasteiger partial charge on any atom is 0.226 e. The van der Waals surface area contributed by atoms with Gasteiger partial charge >= 0.3 is 0 Å². The van der Waals surface area contributed by atoms with Gasteiger partial charge in [0.1, 0.15) is 0 Å². The lowest BCUT2D eigenvalue weighted by atomic mass is 9.98. The monoisotopic (exact) mass is 288 g/mol. The number of piperidine rings is 1. The van der Waals surface area contributed by atoms with Crippen molar-refractivity contribution in [3.8, 4) is 0 Å². The third-order valence-corrected chi connectivity index (χ3v) is 4.23. The van der Waals surface area contributed by atoms with Crippen LogP contribution in [0.3, 0.4) is 0 Å². The molecule has 2 heterocycles. The molecule has 1 atom stereocenters. The van der Waals surface area contributed by atoms with Gasteiger partial charge in [-0.25, -0.2) is 0 Å².